The summed E-state index contributed by atoms with van der Waals surface area (Å²) < 4.78 is 12.3. The first-order valence-corrected chi connectivity index (χ1v) is 12.3. The maximum Gasteiger partial charge on any atom is 0.313 e. The van der Waals surface area contributed by atoms with Crippen molar-refractivity contribution in [1.82, 2.24) is 4.90 Å². The number of benzene rings is 1. The van der Waals surface area contributed by atoms with Gasteiger partial charge in [0.15, 0.2) is 0 Å². The number of aliphatic hydroxyl groups is 1. The average molecular weight is 481 g/mol. The molecular formula is C27H32N2O6. The van der Waals surface area contributed by atoms with Crippen molar-refractivity contribution in [3.8, 4) is 0 Å². The molecule has 0 saturated carbocycles. The second-order valence-electron chi connectivity index (χ2n) is 9.88. The predicted molar refractivity (Wildman–Crippen MR) is 129 cm³/mol. The van der Waals surface area contributed by atoms with E-state index < -0.39 is 35.0 Å². The van der Waals surface area contributed by atoms with Gasteiger partial charge in [0.1, 0.15) is 23.2 Å². The molecule has 186 valence electrons. The van der Waals surface area contributed by atoms with E-state index in [1.165, 1.54) is 4.90 Å². The van der Waals surface area contributed by atoms with E-state index in [9.17, 15) is 19.5 Å². The van der Waals surface area contributed by atoms with Crippen molar-refractivity contribution in [2.75, 3.05) is 31.2 Å². The van der Waals surface area contributed by atoms with Gasteiger partial charge in [-0.2, -0.15) is 0 Å². The molecule has 4 aliphatic heterocycles. The van der Waals surface area contributed by atoms with Gasteiger partial charge in [-0.05, 0) is 43.9 Å². The van der Waals surface area contributed by atoms with Crippen LogP contribution in [0.1, 0.15) is 30.9 Å². The number of hydrogen-bond acceptors (Lipinski definition) is 6. The van der Waals surface area contributed by atoms with E-state index in [-0.39, 0.29) is 31.6 Å². The minimum Gasteiger partial charge on any atom is -0.465 e. The molecule has 2 fully saturated rings. The van der Waals surface area contributed by atoms with Crippen molar-refractivity contribution in [2.24, 2.45) is 11.8 Å². The molecule has 35 heavy (non-hydrogen) atoms. The number of carbonyl (C=O) groups is 3. The molecule has 0 bridgehead atoms. The zero-order valence-corrected chi connectivity index (χ0v) is 20.4. The molecule has 2 saturated heterocycles. The number of anilines is 1. The fourth-order valence-electron chi connectivity index (χ4n) is 6.30. The quantitative estimate of drug-likeness (QED) is 0.524. The number of aliphatic hydroxyl groups excluding tert-OH is 1. The van der Waals surface area contributed by atoms with Crippen LogP contribution in [0.25, 0.3) is 0 Å². The van der Waals surface area contributed by atoms with Crippen LogP contribution in [0.3, 0.4) is 0 Å². The standard InChI is InChI=1S/C27H32N2O6/c1-4-26-10-5-6-15-34-25(33)21(26)20-23(31)29(13-14-30)22-24(32)28(12-7-11-27(20,22)35-26)19-16-17(2)8-9-18(19)3/h5,7-11,16,20-22,30H,4,6,12-15H2,1-3H3/t20-,21+,22?,26-,27-/m0/s1. The number of amides is 2. The van der Waals surface area contributed by atoms with Gasteiger partial charge < -0.3 is 24.4 Å². The molecule has 8 nitrogen and oxygen atoms in total. The number of esters is 1. The van der Waals surface area contributed by atoms with Crippen molar-refractivity contribution in [3.05, 3.63) is 53.6 Å². The second-order valence-corrected chi connectivity index (χ2v) is 9.88. The van der Waals surface area contributed by atoms with Crippen LogP contribution in [0.5, 0.6) is 0 Å². The first-order valence-electron chi connectivity index (χ1n) is 12.3. The minimum atomic E-state index is -1.34. The Morgan fingerprint density at radius 3 is 2.63 bits per heavy atom. The van der Waals surface area contributed by atoms with Crippen molar-refractivity contribution >= 4 is 23.5 Å². The van der Waals surface area contributed by atoms with Crippen LogP contribution in [-0.4, -0.2) is 71.3 Å². The van der Waals surface area contributed by atoms with Crippen LogP contribution in [0.2, 0.25) is 0 Å². The largest absolute Gasteiger partial charge is 0.465 e. The van der Waals surface area contributed by atoms with Crippen LogP contribution in [-0.2, 0) is 23.9 Å². The third-order valence-electron chi connectivity index (χ3n) is 7.90. The lowest BCUT2D eigenvalue weighted by Crippen LogP contribution is -2.56. The summed E-state index contributed by atoms with van der Waals surface area (Å²) in [7, 11) is 0. The molecule has 8 heteroatoms. The summed E-state index contributed by atoms with van der Waals surface area (Å²) in [5, 5.41) is 9.80. The van der Waals surface area contributed by atoms with E-state index in [1.54, 1.807) is 4.90 Å². The van der Waals surface area contributed by atoms with Crippen molar-refractivity contribution in [1.29, 1.82) is 0 Å². The topological polar surface area (TPSA) is 96.4 Å². The highest BCUT2D eigenvalue weighted by Gasteiger charge is 2.75. The predicted octanol–water partition coefficient (Wildman–Crippen LogP) is 2.06. The minimum absolute atomic E-state index is 0.0257. The molecule has 1 N–H and O–H groups in total. The number of aryl methyl sites for hydroxylation is 2. The number of nitrogens with zero attached hydrogens (tertiary/aromatic N) is 2. The molecule has 0 aliphatic carbocycles. The molecular weight excluding hydrogens is 448 g/mol. The molecule has 5 atom stereocenters. The molecule has 5 rings (SSSR count). The van der Waals surface area contributed by atoms with E-state index in [0.29, 0.717) is 19.4 Å². The number of β-amino-alcohol motifs (C(OH)–C–C–N with tert-alkyl or cyclic N) is 1. The van der Waals surface area contributed by atoms with Gasteiger partial charge in [0, 0.05) is 18.8 Å². The summed E-state index contributed by atoms with van der Waals surface area (Å²) in [6, 6.07) is 4.91. The zero-order chi connectivity index (χ0) is 25.0. The summed E-state index contributed by atoms with van der Waals surface area (Å²) >= 11 is 0. The zero-order valence-electron chi connectivity index (χ0n) is 20.4. The highest BCUT2D eigenvalue weighted by molar-refractivity contribution is 6.06. The Labute approximate surface area is 205 Å². The number of ether oxygens (including phenoxy) is 2. The van der Waals surface area contributed by atoms with Crippen LogP contribution in [0.4, 0.5) is 5.69 Å². The third kappa shape index (κ3) is 3.37. The Morgan fingerprint density at radius 1 is 1.09 bits per heavy atom. The number of likely N-dealkylation sites (tertiary alicyclic amines) is 1. The number of fused-ring (bicyclic) bond motifs is 2. The van der Waals surface area contributed by atoms with Crippen LogP contribution < -0.4 is 4.90 Å². The highest BCUT2D eigenvalue weighted by Crippen LogP contribution is 2.58. The molecule has 1 aromatic carbocycles. The molecule has 1 spiro atoms. The molecule has 0 aromatic heterocycles. The lowest BCUT2D eigenvalue weighted by Gasteiger charge is -2.38. The third-order valence-corrected chi connectivity index (χ3v) is 7.90. The van der Waals surface area contributed by atoms with E-state index >= 15 is 0 Å². The van der Waals surface area contributed by atoms with Gasteiger partial charge in [0.05, 0.1) is 19.1 Å². The van der Waals surface area contributed by atoms with E-state index in [4.69, 9.17) is 9.47 Å². The Hall–Kier alpha value is -2.97. The van der Waals surface area contributed by atoms with Crippen LogP contribution >= 0.6 is 0 Å². The van der Waals surface area contributed by atoms with Crippen LogP contribution in [0.15, 0.2) is 42.5 Å². The van der Waals surface area contributed by atoms with E-state index in [2.05, 4.69) is 0 Å². The number of rotatable bonds is 4. The molecule has 2 amide bonds. The van der Waals surface area contributed by atoms with Crippen molar-refractivity contribution in [2.45, 2.75) is 50.9 Å². The van der Waals surface area contributed by atoms with Gasteiger partial charge in [-0.15, -0.1) is 0 Å². The summed E-state index contributed by atoms with van der Waals surface area (Å²) in [4.78, 5) is 44.6. The molecule has 1 aromatic rings. The lowest BCUT2D eigenvalue weighted by atomic mass is 9.73. The fourth-order valence-corrected chi connectivity index (χ4v) is 6.30. The summed E-state index contributed by atoms with van der Waals surface area (Å²) in [5.41, 5.74) is 0.325. The first kappa shape index (κ1) is 23.8. The second kappa shape index (κ2) is 8.60. The molecule has 4 heterocycles. The van der Waals surface area contributed by atoms with Gasteiger partial charge in [0.2, 0.25) is 5.91 Å². The lowest BCUT2D eigenvalue weighted by molar-refractivity contribution is -0.160. The summed E-state index contributed by atoms with van der Waals surface area (Å²) in [6.07, 6.45) is 8.49. The monoisotopic (exact) mass is 480 g/mol. The Morgan fingerprint density at radius 2 is 1.89 bits per heavy atom. The maximum atomic E-state index is 14.3. The van der Waals surface area contributed by atoms with Gasteiger partial charge in [-0.3, -0.25) is 14.4 Å². The smallest absolute Gasteiger partial charge is 0.313 e. The first-order chi connectivity index (χ1) is 16.8. The van der Waals surface area contributed by atoms with Crippen LogP contribution in [0, 0.1) is 25.7 Å². The summed E-state index contributed by atoms with van der Waals surface area (Å²) in [6.45, 7) is 6.04. The van der Waals surface area contributed by atoms with Crippen molar-refractivity contribution in [3.63, 3.8) is 0 Å². The molecule has 4 aliphatic rings. The SMILES string of the molecule is CC[C@]12C=CCCOC(=O)[C@H]1[C@H]1C(=O)N(CCO)C3C(=O)N(c4cc(C)ccc4C)CC=C[C@@]31O2. The number of carbonyl (C=O) groups excluding carboxylic acids is 3. The average Bonchev–Trinajstić information content (AvgIpc) is 3.16. The fraction of sp³-hybridized carbons (Fsp3) is 0.519. The van der Waals surface area contributed by atoms with Gasteiger partial charge in [-0.1, -0.05) is 43.4 Å². The number of hydrogen-bond donors (Lipinski definition) is 1. The summed E-state index contributed by atoms with van der Waals surface area (Å²) in [5.74, 6) is -2.94. The van der Waals surface area contributed by atoms with E-state index in [1.807, 2.05) is 63.3 Å². The highest BCUT2D eigenvalue weighted by atomic mass is 16.6. The van der Waals surface area contributed by atoms with E-state index in [0.717, 1.165) is 16.8 Å². The Balaban J connectivity index is 1.68. The van der Waals surface area contributed by atoms with Crippen molar-refractivity contribution < 1.29 is 29.0 Å². The van der Waals surface area contributed by atoms with Gasteiger partial charge in [0.25, 0.3) is 5.91 Å². The number of cyclic esters (lactones) is 1. The van der Waals surface area contributed by atoms with Gasteiger partial charge in [-0.25, -0.2) is 0 Å². The Bertz CT molecular complexity index is 1130. The molecule has 1 unspecified atom stereocenters. The van der Waals surface area contributed by atoms with Gasteiger partial charge >= 0.3 is 5.97 Å². The Kier molecular flexibility index (Phi) is 5.84. The maximum absolute atomic E-state index is 14.3. The normalized spacial score (nSPS) is 34.2. The molecule has 0 radical (unpaired) electrons.